The maximum absolute atomic E-state index is 14.0. The summed E-state index contributed by atoms with van der Waals surface area (Å²) in [7, 11) is 0. The number of carbonyl (C=O) groups excluding carboxylic acids is 4. The predicted molar refractivity (Wildman–Crippen MR) is 268 cm³/mol. The molecular weight excluding hydrogens is 954 g/mol. The van der Waals surface area contributed by atoms with Gasteiger partial charge in [-0.1, -0.05) is 45.0 Å². The maximum Gasteiger partial charge on any atom is 0.417 e. The summed E-state index contributed by atoms with van der Waals surface area (Å²) in [6.45, 7) is 12.0. The zero-order valence-electron chi connectivity index (χ0n) is 40.3. The Balaban J connectivity index is 0.833. The number of unbranched alkanes of at least 4 members (excludes halogenated alkanes) is 1. The van der Waals surface area contributed by atoms with E-state index in [-0.39, 0.29) is 29.2 Å². The summed E-state index contributed by atoms with van der Waals surface area (Å²) in [5.41, 5.74) is 2.95. The molecule has 4 heterocycles. The highest BCUT2D eigenvalue weighted by molar-refractivity contribution is 7.81. The lowest BCUT2D eigenvalue weighted by Crippen LogP contribution is -2.58. The number of thiazole rings is 1. The monoisotopic (exact) mass is 1010 g/mol. The van der Waals surface area contributed by atoms with Gasteiger partial charge in [0.15, 0.2) is 5.11 Å². The number of aryl methyl sites for hydroxylation is 1. The van der Waals surface area contributed by atoms with E-state index < -0.39 is 52.2 Å². The van der Waals surface area contributed by atoms with Crippen molar-refractivity contribution in [2.75, 3.05) is 36.2 Å². The molecule has 0 unspecified atom stereocenters. The van der Waals surface area contributed by atoms with Crippen LogP contribution < -0.4 is 25.2 Å². The molecule has 2 aromatic heterocycles. The number of nitrogens with zero attached hydrogens (tertiary/aromatic N) is 6. The third kappa shape index (κ3) is 11.9. The number of aromatic nitrogens is 2. The summed E-state index contributed by atoms with van der Waals surface area (Å²) in [5.74, 6) is -0.859. The maximum atomic E-state index is 14.0. The summed E-state index contributed by atoms with van der Waals surface area (Å²) in [4.78, 5) is 68.2. The number of ether oxygens (including phenoxy) is 2. The third-order valence-corrected chi connectivity index (χ3v) is 13.7. The van der Waals surface area contributed by atoms with Crippen LogP contribution in [0.3, 0.4) is 0 Å². The van der Waals surface area contributed by atoms with E-state index in [2.05, 4.69) is 20.6 Å². The lowest BCUT2D eigenvalue weighted by molar-refractivity contribution is -0.144. The smallest absolute Gasteiger partial charge is 0.417 e. The van der Waals surface area contributed by atoms with Gasteiger partial charge in [-0.25, -0.2) is 4.98 Å². The van der Waals surface area contributed by atoms with Crippen molar-refractivity contribution in [1.29, 1.82) is 5.26 Å². The molecule has 0 saturated carbocycles. The molecule has 14 nitrogen and oxygen atoms in total. The van der Waals surface area contributed by atoms with Crippen LogP contribution in [0.15, 0.2) is 90.6 Å². The molecule has 7 rings (SSSR count). The molecule has 2 fully saturated rings. The summed E-state index contributed by atoms with van der Waals surface area (Å²) >= 11 is 7.23. The molecule has 19 heteroatoms. The van der Waals surface area contributed by atoms with Crippen molar-refractivity contribution in [1.82, 2.24) is 25.5 Å². The van der Waals surface area contributed by atoms with Crippen molar-refractivity contribution in [2.24, 2.45) is 5.41 Å². The van der Waals surface area contributed by atoms with Crippen molar-refractivity contribution in [3.63, 3.8) is 0 Å². The summed E-state index contributed by atoms with van der Waals surface area (Å²) in [6, 6.07) is 21.9. The van der Waals surface area contributed by atoms with Crippen LogP contribution >= 0.6 is 23.6 Å². The predicted octanol–water partition coefficient (Wildman–Crippen LogP) is 9.00. The number of benzene rings is 3. The van der Waals surface area contributed by atoms with Gasteiger partial charge in [0.1, 0.15) is 30.0 Å². The highest BCUT2D eigenvalue weighted by atomic mass is 32.1. The second-order valence-electron chi connectivity index (χ2n) is 18.9. The lowest BCUT2D eigenvalue weighted by Gasteiger charge is -2.35. The normalized spacial score (nSPS) is 16.2. The van der Waals surface area contributed by atoms with Gasteiger partial charge in [0.05, 0.1) is 63.2 Å². The van der Waals surface area contributed by atoms with Gasteiger partial charge in [-0.3, -0.25) is 29.1 Å². The van der Waals surface area contributed by atoms with E-state index in [0.717, 1.165) is 44.3 Å². The van der Waals surface area contributed by atoms with E-state index in [1.807, 2.05) is 81.7 Å². The second kappa shape index (κ2) is 21.7. The number of thiocarbonyl (C=S) groups is 1. The first-order valence-corrected chi connectivity index (χ1v) is 24.4. The molecule has 2 aliphatic rings. The van der Waals surface area contributed by atoms with Gasteiger partial charge in [-0.2, -0.15) is 18.4 Å². The Morgan fingerprint density at radius 1 is 0.958 bits per heavy atom. The van der Waals surface area contributed by atoms with Crippen LogP contribution in [-0.4, -0.2) is 87.6 Å². The van der Waals surface area contributed by atoms with E-state index in [0.29, 0.717) is 69.1 Å². The highest BCUT2D eigenvalue weighted by Crippen LogP contribution is 2.40. The van der Waals surface area contributed by atoms with Crippen molar-refractivity contribution in [2.45, 2.75) is 97.6 Å². The zero-order chi connectivity index (χ0) is 51.3. The van der Waals surface area contributed by atoms with Crippen LogP contribution in [0.5, 0.6) is 5.75 Å². The molecular formula is C52H55F3N8O6S2. The first-order valence-electron chi connectivity index (χ1n) is 23.1. The zero-order valence-corrected chi connectivity index (χ0v) is 41.9. The molecule has 372 valence electrons. The minimum absolute atomic E-state index is 0.0304. The Morgan fingerprint density at radius 3 is 2.28 bits per heavy atom. The summed E-state index contributed by atoms with van der Waals surface area (Å²) < 4.78 is 52.9. The van der Waals surface area contributed by atoms with Gasteiger partial charge in [0, 0.05) is 25.3 Å². The molecule has 71 heavy (non-hydrogen) atoms. The van der Waals surface area contributed by atoms with Crippen LogP contribution in [-0.2, 0) is 36.6 Å². The Kier molecular flexibility index (Phi) is 15.9. The minimum atomic E-state index is -4.81. The molecule has 3 aromatic carbocycles. The first kappa shape index (κ1) is 52.1. The van der Waals surface area contributed by atoms with Gasteiger partial charge in [0.2, 0.25) is 17.7 Å². The SMILES string of the molecule is Cc1ncsc1-c1ccc(CNC(=O)[C@@H]2CCCN2C(=O)[C@@H](NC(=O)COCCCCOc2ccc(-c3ccc(N4C(=S)N(c5ccc(C#N)c(C(F)(F)F)c5)C(=O)C4(C)C)cn3)cc2)C(C)(C)C)cc1. The van der Waals surface area contributed by atoms with E-state index >= 15 is 0 Å². The second-order valence-corrected chi connectivity index (χ2v) is 20.1. The molecule has 0 aliphatic carbocycles. The number of amides is 4. The van der Waals surface area contributed by atoms with Crippen LogP contribution in [0.2, 0.25) is 0 Å². The van der Waals surface area contributed by atoms with Gasteiger partial charge < -0.3 is 29.9 Å². The molecule has 2 N–H and O–H groups in total. The van der Waals surface area contributed by atoms with Gasteiger partial charge in [-0.15, -0.1) is 11.3 Å². The molecule has 2 aliphatic heterocycles. The van der Waals surface area contributed by atoms with Gasteiger partial charge in [-0.05, 0) is 130 Å². The average molecular weight is 1010 g/mol. The lowest BCUT2D eigenvalue weighted by atomic mass is 9.85. The Hall–Kier alpha value is -6.75. The molecule has 0 bridgehead atoms. The van der Waals surface area contributed by atoms with Crippen LogP contribution in [0.25, 0.3) is 21.7 Å². The molecule has 2 atom stereocenters. The fourth-order valence-electron chi connectivity index (χ4n) is 8.51. The van der Waals surface area contributed by atoms with Crippen molar-refractivity contribution in [3.05, 3.63) is 113 Å². The molecule has 0 radical (unpaired) electrons. The number of nitrogens with one attached hydrogen (secondary N) is 2. The van der Waals surface area contributed by atoms with Crippen molar-refractivity contribution in [3.8, 4) is 33.5 Å². The van der Waals surface area contributed by atoms with E-state index in [1.54, 1.807) is 54.5 Å². The quantitative estimate of drug-likeness (QED) is 0.0673. The number of nitriles is 1. The largest absolute Gasteiger partial charge is 0.494 e. The van der Waals surface area contributed by atoms with E-state index in [4.69, 9.17) is 21.7 Å². The number of likely N-dealkylation sites (tertiary alicyclic amines) is 1. The van der Waals surface area contributed by atoms with Gasteiger partial charge >= 0.3 is 6.18 Å². The molecule has 5 aromatic rings. The first-order chi connectivity index (χ1) is 33.7. The summed E-state index contributed by atoms with van der Waals surface area (Å²) in [5, 5.41) is 15.1. The third-order valence-electron chi connectivity index (χ3n) is 12.4. The number of carbonyl (C=O) groups is 4. The Bertz CT molecular complexity index is 2810. The minimum Gasteiger partial charge on any atom is -0.494 e. The molecule has 0 spiro atoms. The number of hydrogen-bond donors (Lipinski definition) is 2. The Labute approximate surface area is 420 Å². The summed E-state index contributed by atoms with van der Waals surface area (Å²) in [6.07, 6.45) is -0.791. The van der Waals surface area contributed by atoms with E-state index in [1.165, 1.54) is 11.0 Å². The number of anilines is 2. The average Bonchev–Trinajstić information content (AvgIpc) is 4.05. The number of rotatable bonds is 17. The van der Waals surface area contributed by atoms with Crippen LogP contribution in [0.1, 0.15) is 82.7 Å². The molecule has 4 amide bonds. The fraction of sp³-hybridized carbons (Fsp3) is 0.385. The van der Waals surface area contributed by atoms with Crippen molar-refractivity contribution < 1.29 is 41.8 Å². The number of halogens is 3. The topological polar surface area (TPSA) is 170 Å². The highest BCUT2D eigenvalue weighted by Gasteiger charge is 2.51. The fourth-order valence-corrected chi connectivity index (χ4v) is 9.85. The Morgan fingerprint density at radius 2 is 1.65 bits per heavy atom. The number of hydrogen-bond acceptors (Lipinski definition) is 11. The molecule has 2 saturated heterocycles. The van der Waals surface area contributed by atoms with E-state index in [9.17, 15) is 37.6 Å². The number of alkyl halides is 3. The van der Waals surface area contributed by atoms with Crippen molar-refractivity contribution >= 4 is 63.7 Å². The van der Waals surface area contributed by atoms with Crippen LogP contribution in [0, 0.1) is 23.7 Å². The number of pyridine rings is 1. The van der Waals surface area contributed by atoms with Gasteiger partial charge in [0.25, 0.3) is 5.91 Å². The standard InChI is InChI=1S/C52H55F3N8O6S2/c1-32-44(71-31-59-32)35-13-11-33(12-14-35)28-58-46(65)42-10-9-23-61(42)47(66)45(50(2,3)4)60-43(64)30-68-24-7-8-25-69-39-20-16-34(17-21-39)41-22-19-38(29-57-41)63-49(70)62(48(67)51(63,5)6)37-18-15-36(27-56)40(26-37)52(53,54)55/h11-22,26,29,31,42,45H,7-10,23-25,28,30H2,1-6H3,(H,58,65)(H,60,64)/t42-,45+/m0/s1. The van der Waals surface area contributed by atoms with Crippen LogP contribution in [0.4, 0.5) is 24.5 Å².